The minimum atomic E-state index is -4.67. The van der Waals surface area contributed by atoms with Gasteiger partial charge in [0.15, 0.2) is 0 Å². The third-order valence-electron chi connectivity index (χ3n) is 0. The summed E-state index contributed by atoms with van der Waals surface area (Å²) in [6.45, 7) is 0. The summed E-state index contributed by atoms with van der Waals surface area (Å²) in [7, 11) is -4.67. The molecule has 0 aromatic rings. The van der Waals surface area contributed by atoms with Gasteiger partial charge in [0, 0.05) is 0 Å². The molecule has 2 N–H and O–H groups in total. The molecule has 0 aromatic heterocycles. The first-order chi connectivity index (χ1) is 3.73. The fourth-order valence-corrected chi connectivity index (χ4v) is 0. The van der Waals surface area contributed by atoms with Crippen LogP contribution in [0.2, 0.25) is 0 Å². The van der Waals surface area contributed by atoms with E-state index in [1.54, 1.807) is 0 Å². The Bertz CT molecular complexity index is 156. The molecule has 0 bridgehead atoms. The maximum absolute atomic E-state index is 8.74. The van der Waals surface area contributed by atoms with Crippen LogP contribution in [0.3, 0.4) is 0 Å². The molecule has 0 heterocycles. The molecule has 66 valence electrons. The first kappa shape index (κ1) is 16.4. The molecule has 0 spiro atoms. The Morgan fingerprint density at radius 1 is 1.20 bits per heavy atom. The molecule has 0 aromatic carbocycles. The van der Waals surface area contributed by atoms with Crippen LogP contribution in [-0.4, -0.2) is 22.6 Å². The molecule has 10 heteroatoms. The molecule has 8 nitrogen and oxygen atoms in total. The molecule has 0 saturated carbocycles. The van der Waals surface area contributed by atoms with Crippen LogP contribution in [0.4, 0.5) is 0 Å². The van der Waals surface area contributed by atoms with Crippen molar-refractivity contribution < 1.29 is 45.0 Å². The molecule has 0 amide bonds. The molecule has 0 saturated heterocycles. The number of hydrogen-bond donors (Lipinski definition) is 2. The molecular formula is H2AgNO7S. The number of rotatable bonds is 0. The summed E-state index contributed by atoms with van der Waals surface area (Å²) in [4.78, 5) is 8.25. The van der Waals surface area contributed by atoms with Gasteiger partial charge in [-0.2, -0.15) is 8.42 Å². The van der Waals surface area contributed by atoms with E-state index in [1.165, 1.54) is 0 Å². The van der Waals surface area contributed by atoms with Crippen molar-refractivity contribution in [3.05, 3.63) is 15.3 Å². The van der Waals surface area contributed by atoms with Gasteiger partial charge in [0.25, 0.3) is 0 Å². The Kier molecular flexibility index (Phi) is 11.4. The van der Waals surface area contributed by atoms with Crippen LogP contribution >= 0.6 is 0 Å². The van der Waals surface area contributed by atoms with E-state index in [2.05, 4.69) is 0 Å². The molecule has 0 aliphatic heterocycles. The summed E-state index contributed by atoms with van der Waals surface area (Å²) in [5.74, 6) is 0. The average Bonchev–Trinajstić information content (AvgIpc) is 1.19. The standard InChI is InChI=1S/Ag.NO3.H2O4S/c;2-1(3)4;1-5(2,3)4/h;;(H2,1,2,3,4)/q+1;-1;. The zero-order valence-electron chi connectivity index (χ0n) is 4.09. The van der Waals surface area contributed by atoms with Crippen molar-refractivity contribution in [2.75, 3.05) is 0 Å². The van der Waals surface area contributed by atoms with Gasteiger partial charge < -0.3 is 15.3 Å². The van der Waals surface area contributed by atoms with Gasteiger partial charge in [0.1, 0.15) is 0 Å². The van der Waals surface area contributed by atoms with E-state index < -0.39 is 15.5 Å². The second-order valence-electron chi connectivity index (χ2n) is 0.671. The zero-order chi connectivity index (χ0) is 8.08. The summed E-state index contributed by atoms with van der Waals surface area (Å²) >= 11 is 0. The van der Waals surface area contributed by atoms with Crippen LogP contribution in [-0.2, 0) is 32.8 Å². The first-order valence-electron chi connectivity index (χ1n) is 1.25. The average molecular weight is 268 g/mol. The largest absolute Gasteiger partial charge is 1.00 e. The van der Waals surface area contributed by atoms with Gasteiger partial charge in [0.2, 0.25) is 0 Å². The molecule has 0 aliphatic rings. The predicted molar refractivity (Wildman–Crippen MR) is 24.5 cm³/mol. The third kappa shape index (κ3) is 10100. The molecule has 0 aliphatic carbocycles. The summed E-state index contributed by atoms with van der Waals surface area (Å²) in [5.41, 5.74) is 0. The second-order valence-corrected chi connectivity index (χ2v) is 1.57. The van der Waals surface area contributed by atoms with Gasteiger partial charge in [-0.15, -0.1) is 0 Å². The summed E-state index contributed by atoms with van der Waals surface area (Å²) in [6.07, 6.45) is 0. The van der Waals surface area contributed by atoms with Crippen molar-refractivity contribution >= 4 is 10.4 Å². The van der Waals surface area contributed by atoms with E-state index in [9.17, 15) is 0 Å². The first-order valence-corrected chi connectivity index (χ1v) is 2.64. The van der Waals surface area contributed by atoms with Gasteiger partial charge in [-0.1, -0.05) is 0 Å². The predicted octanol–water partition coefficient (Wildman–Crippen LogP) is -0.894. The Morgan fingerprint density at radius 2 is 1.20 bits per heavy atom. The number of hydrogen-bond acceptors (Lipinski definition) is 5. The van der Waals surface area contributed by atoms with E-state index >= 15 is 0 Å². The van der Waals surface area contributed by atoms with Crippen molar-refractivity contribution in [1.82, 2.24) is 0 Å². The van der Waals surface area contributed by atoms with Gasteiger partial charge in [-0.05, 0) is 0 Å². The summed E-state index contributed by atoms with van der Waals surface area (Å²) in [6, 6.07) is 0. The second kappa shape index (κ2) is 6.92. The van der Waals surface area contributed by atoms with Crippen LogP contribution in [0, 0.1) is 15.3 Å². The molecule has 0 rings (SSSR count). The SMILES string of the molecule is O=S(=O)(O)O.O=[N+]([O-])[O-].[Ag+]. The fraction of sp³-hybridized carbons (Fsp3) is 0. The maximum atomic E-state index is 8.74. The Morgan fingerprint density at radius 3 is 1.20 bits per heavy atom. The topological polar surface area (TPSA) is 141 Å². The Labute approximate surface area is 71.0 Å². The van der Waals surface area contributed by atoms with Crippen molar-refractivity contribution in [2.45, 2.75) is 0 Å². The smallest absolute Gasteiger partial charge is 0.356 e. The monoisotopic (exact) mass is 267 g/mol. The minimum Gasteiger partial charge on any atom is -0.356 e. The van der Waals surface area contributed by atoms with Gasteiger partial charge >= 0.3 is 32.8 Å². The fourth-order valence-electron chi connectivity index (χ4n) is 0. The molecule has 10 heavy (non-hydrogen) atoms. The van der Waals surface area contributed by atoms with Gasteiger partial charge in [-0.3, -0.25) is 9.11 Å². The van der Waals surface area contributed by atoms with Crippen molar-refractivity contribution in [1.29, 1.82) is 0 Å². The number of nitrogens with zero attached hydrogens (tertiary/aromatic N) is 1. The van der Waals surface area contributed by atoms with Crippen LogP contribution in [0.25, 0.3) is 0 Å². The maximum Gasteiger partial charge on any atom is 1.00 e. The molecule has 0 unspecified atom stereocenters. The quantitative estimate of drug-likeness (QED) is 0.251. The molecule has 0 atom stereocenters. The van der Waals surface area contributed by atoms with Crippen molar-refractivity contribution in [3.63, 3.8) is 0 Å². The normalized spacial score (nSPS) is 8.20. The summed E-state index contributed by atoms with van der Waals surface area (Å²) in [5, 5.41) is 14.8. The molecular weight excluding hydrogens is 266 g/mol. The van der Waals surface area contributed by atoms with E-state index in [1.807, 2.05) is 0 Å². The zero-order valence-corrected chi connectivity index (χ0v) is 6.39. The Hall–Kier alpha value is -0.190. The van der Waals surface area contributed by atoms with Crippen LogP contribution < -0.4 is 0 Å². The molecule has 0 fully saturated rings. The van der Waals surface area contributed by atoms with Crippen LogP contribution in [0.1, 0.15) is 0 Å². The van der Waals surface area contributed by atoms with Crippen LogP contribution in [0.15, 0.2) is 0 Å². The van der Waals surface area contributed by atoms with E-state index in [0.717, 1.165) is 0 Å². The van der Waals surface area contributed by atoms with E-state index in [0.29, 0.717) is 0 Å². The van der Waals surface area contributed by atoms with Crippen molar-refractivity contribution in [2.24, 2.45) is 0 Å². The van der Waals surface area contributed by atoms with Gasteiger partial charge in [0.05, 0.1) is 5.09 Å². The molecule has 0 radical (unpaired) electrons. The van der Waals surface area contributed by atoms with E-state index in [4.69, 9.17) is 32.8 Å². The van der Waals surface area contributed by atoms with Crippen LogP contribution in [0.5, 0.6) is 0 Å². The van der Waals surface area contributed by atoms with Crippen molar-refractivity contribution in [3.8, 4) is 0 Å². The van der Waals surface area contributed by atoms with Gasteiger partial charge in [-0.25, -0.2) is 0 Å². The minimum absolute atomic E-state index is 0. The third-order valence-corrected chi connectivity index (χ3v) is 0. The van der Waals surface area contributed by atoms with E-state index in [-0.39, 0.29) is 22.4 Å². The Balaban J connectivity index is -0.0000000910. The summed E-state index contributed by atoms with van der Waals surface area (Å²) < 4.78 is 31.6.